The van der Waals surface area contributed by atoms with Crippen LogP contribution in [0.4, 0.5) is 19.0 Å². The molecule has 3 rings (SSSR count). The number of hydrogen-bond acceptors (Lipinski definition) is 8. The number of aromatic nitrogens is 2. The number of carbonyl (C=O) groups excluding carboxylic acids is 1. The molecule has 1 fully saturated rings. The van der Waals surface area contributed by atoms with Gasteiger partial charge in [0.15, 0.2) is 5.82 Å². The average molecular weight is 628 g/mol. The molecule has 2 heterocycles. The third-order valence-electron chi connectivity index (χ3n) is 5.71. The first-order valence-corrected chi connectivity index (χ1v) is 13.5. The van der Waals surface area contributed by atoms with Crippen LogP contribution >= 0.6 is 15.9 Å². The number of alkyl halides is 3. The second-order valence-electron chi connectivity index (χ2n) is 9.54. The fourth-order valence-electron chi connectivity index (χ4n) is 3.89. The van der Waals surface area contributed by atoms with E-state index in [1.54, 1.807) is 5.01 Å². The van der Waals surface area contributed by atoms with Crippen LogP contribution in [0.25, 0.3) is 0 Å². The van der Waals surface area contributed by atoms with Gasteiger partial charge in [-0.1, -0.05) is 32.9 Å². The number of benzene rings is 1. The lowest BCUT2D eigenvalue weighted by Crippen LogP contribution is -2.46. The summed E-state index contributed by atoms with van der Waals surface area (Å²) >= 11 is 3.44. The number of amides is 1. The van der Waals surface area contributed by atoms with E-state index in [4.69, 9.17) is 9.90 Å². The number of halogens is 4. The van der Waals surface area contributed by atoms with Crippen LogP contribution in [0.3, 0.4) is 0 Å². The molecule has 0 radical (unpaired) electrons. The molecule has 218 valence electrons. The third-order valence-corrected chi connectivity index (χ3v) is 6.27. The molecule has 2 aromatic rings. The zero-order valence-electron chi connectivity index (χ0n) is 22.6. The summed E-state index contributed by atoms with van der Waals surface area (Å²) in [5, 5.41) is 18.0. The molecular weight excluding hydrogens is 595 g/mol. The monoisotopic (exact) mass is 627 g/mol. The largest absolute Gasteiger partial charge is 0.490 e. The Morgan fingerprint density at radius 1 is 1.23 bits per heavy atom. The molecule has 0 bridgehead atoms. The number of carboxylic acid groups (broad SMARTS) is 1. The van der Waals surface area contributed by atoms with Crippen LogP contribution in [0.1, 0.15) is 48.9 Å². The maximum Gasteiger partial charge on any atom is 0.490 e. The van der Waals surface area contributed by atoms with Crippen LogP contribution in [0, 0.1) is 17.2 Å². The molecule has 2 N–H and O–H groups in total. The van der Waals surface area contributed by atoms with Crippen LogP contribution in [-0.2, 0) is 11.3 Å². The van der Waals surface area contributed by atoms with Crippen LogP contribution in [0.15, 0.2) is 34.9 Å². The lowest BCUT2D eigenvalue weighted by molar-refractivity contribution is -0.192. The minimum atomic E-state index is -5.08. The van der Waals surface area contributed by atoms with E-state index in [-0.39, 0.29) is 17.6 Å². The summed E-state index contributed by atoms with van der Waals surface area (Å²) in [4.78, 5) is 35.2. The van der Waals surface area contributed by atoms with Crippen molar-refractivity contribution in [2.24, 2.45) is 5.92 Å². The predicted molar refractivity (Wildman–Crippen MR) is 146 cm³/mol. The molecule has 0 atom stereocenters. The van der Waals surface area contributed by atoms with Gasteiger partial charge < -0.3 is 10.0 Å². The van der Waals surface area contributed by atoms with Gasteiger partial charge in [0.05, 0.1) is 4.47 Å². The van der Waals surface area contributed by atoms with Crippen molar-refractivity contribution in [3.8, 4) is 6.07 Å². The highest BCUT2D eigenvalue weighted by molar-refractivity contribution is 9.10. The Balaban J connectivity index is 0.000000708. The second-order valence-corrected chi connectivity index (χ2v) is 10.4. The summed E-state index contributed by atoms with van der Waals surface area (Å²) < 4.78 is 32.3. The Kier molecular flexibility index (Phi) is 12.8. The van der Waals surface area contributed by atoms with Crippen molar-refractivity contribution in [1.29, 1.82) is 5.26 Å². The van der Waals surface area contributed by atoms with Gasteiger partial charge in [0.2, 0.25) is 5.82 Å². The number of rotatable bonds is 9. The minimum absolute atomic E-state index is 0.0530. The van der Waals surface area contributed by atoms with Crippen molar-refractivity contribution in [2.45, 2.75) is 39.9 Å². The summed E-state index contributed by atoms with van der Waals surface area (Å²) in [5.41, 5.74) is 4.68. The van der Waals surface area contributed by atoms with Gasteiger partial charge >= 0.3 is 12.1 Å². The van der Waals surface area contributed by atoms with Crippen LogP contribution in [0.5, 0.6) is 0 Å². The molecular formula is C26H33BrF3N7O3. The third kappa shape index (κ3) is 10.7. The van der Waals surface area contributed by atoms with E-state index in [0.717, 1.165) is 44.8 Å². The predicted octanol–water partition coefficient (Wildman–Crippen LogP) is 4.08. The number of hydrazine groups is 1. The van der Waals surface area contributed by atoms with Gasteiger partial charge in [-0.3, -0.25) is 20.1 Å². The van der Waals surface area contributed by atoms with Crippen molar-refractivity contribution >= 4 is 33.6 Å². The number of nitriles is 1. The van der Waals surface area contributed by atoms with Crippen molar-refractivity contribution in [1.82, 2.24) is 25.2 Å². The molecule has 1 amide bonds. The molecule has 1 aliphatic heterocycles. The van der Waals surface area contributed by atoms with Crippen molar-refractivity contribution in [3.05, 3.63) is 51.9 Å². The first kappa shape index (κ1) is 32.9. The molecule has 40 heavy (non-hydrogen) atoms. The number of carbonyl (C=O) groups is 2. The summed E-state index contributed by atoms with van der Waals surface area (Å²) in [6, 6.07) is 9.73. The van der Waals surface area contributed by atoms with E-state index in [9.17, 15) is 23.2 Å². The quantitative estimate of drug-likeness (QED) is 0.396. The molecule has 14 heteroatoms. The lowest BCUT2D eigenvalue weighted by atomic mass is 10.1. The molecule has 1 aliphatic rings. The van der Waals surface area contributed by atoms with Gasteiger partial charge in [-0.25, -0.2) is 9.78 Å². The van der Waals surface area contributed by atoms with Crippen LogP contribution in [-0.4, -0.2) is 82.2 Å². The van der Waals surface area contributed by atoms with Gasteiger partial charge in [0, 0.05) is 51.0 Å². The summed E-state index contributed by atoms with van der Waals surface area (Å²) in [7, 11) is 0. The van der Waals surface area contributed by atoms with Crippen LogP contribution in [0.2, 0.25) is 0 Å². The molecule has 0 aliphatic carbocycles. The van der Waals surface area contributed by atoms with E-state index in [1.165, 1.54) is 12.6 Å². The number of carboxylic acids is 1. The van der Waals surface area contributed by atoms with Gasteiger partial charge in [-0.05, 0) is 52.5 Å². The fourth-order valence-corrected chi connectivity index (χ4v) is 4.30. The van der Waals surface area contributed by atoms with Crippen molar-refractivity contribution in [2.75, 3.05) is 44.3 Å². The molecule has 10 nitrogen and oxygen atoms in total. The maximum absolute atomic E-state index is 13.1. The molecule has 1 aromatic heterocycles. The fraction of sp³-hybridized carbons (Fsp3) is 0.500. The average Bonchev–Trinajstić information content (AvgIpc) is 2.89. The highest BCUT2D eigenvalue weighted by atomic mass is 79.9. The Hall–Kier alpha value is -3.28. The van der Waals surface area contributed by atoms with Gasteiger partial charge in [0.1, 0.15) is 6.07 Å². The highest BCUT2D eigenvalue weighted by Crippen LogP contribution is 2.23. The Labute approximate surface area is 239 Å². The number of nitrogens with one attached hydrogen (secondary N) is 1. The number of piperazine rings is 1. The van der Waals surface area contributed by atoms with E-state index >= 15 is 0 Å². The summed E-state index contributed by atoms with van der Waals surface area (Å²) in [6.07, 6.45) is -2.37. The van der Waals surface area contributed by atoms with Gasteiger partial charge in [-0.2, -0.15) is 23.4 Å². The van der Waals surface area contributed by atoms with Crippen molar-refractivity contribution < 1.29 is 27.9 Å². The van der Waals surface area contributed by atoms with Crippen molar-refractivity contribution in [3.63, 3.8) is 0 Å². The summed E-state index contributed by atoms with van der Waals surface area (Å²) in [6.45, 7) is 13.1. The lowest BCUT2D eigenvalue weighted by Gasteiger charge is -2.34. The van der Waals surface area contributed by atoms with E-state index in [0.29, 0.717) is 22.4 Å². The molecule has 0 saturated carbocycles. The zero-order valence-corrected chi connectivity index (χ0v) is 24.2. The molecule has 1 saturated heterocycles. The SMILES string of the molecule is CCCN1CCN(Cc2cccc(C(=O)NN(CC(C)C)c3nc(C#N)ncc3Br)c2)CC1.O=C(O)C(F)(F)F. The first-order valence-electron chi connectivity index (χ1n) is 12.7. The van der Waals surface area contributed by atoms with E-state index in [2.05, 4.69) is 68.0 Å². The Morgan fingerprint density at radius 2 is 1.85 bits per heavy atom. The molecule has 1 aromatic carbocycles. The van der Waals surface area contributed by atoms with E-state index < -0.39 is 12.1 Å². The normalized spacial score (nSPS) is 14.2. The standard InChI is InChI=1S/C24H32BrN7O.C2HF3O2/c1-4-8-30-9-11-31(12-10-30)17-19-6-5-7-20(13-19)24(33)29-32(16-18(2)3)23-21(25)15-27-22(14-26)28-23;3-2(4,5)1(6)7/h5-7,13,15,18H,4,8-12,16-17H2,1-3H3,(H,29,33);(H,6,7). The van der Waals surface area contributed by atoms with Gasteiger partial charge in [0.25, 0.3) is 5.91 Å². The number of aliphatic carboxylic acids is 1. The molecule has 0 spiro atoms. The number of hydrogen-bond donors (Lipinski definition) is 2. The maximum atomic E-state index is 13.1. The van der Waals surface area contributed by atoms with E-state index in [1.807, 2.05) is 24.3 Å². The first-order chi connectivity index (χ1) is 18.8. The number of nitrogens with zero attached hydrogens (tertiary/aromatic N) is 6. The van der Waals surface area contributed by atoms with Crippen LogP contribution < -0.4 is 10.4 Å². The van der Waals surface area contributed by atoms with Gasteiger partial charge in [-0.15, -0.1) is 0 Å². The topological polar surface area (TPSA) is 126 Å². The number of anilines is 1. The summed E-state index contributed by atoms with van der Waals surface area (Å²) in [5.74, 6) is -2.20. The smallest absolute Gasteiger partial charge is 0.475 e. The zero-order chi connectivity index (χ0) is 29.9. The Morgan fingerprint density at radius 3 is 2.40 bits per heavy atom. The minimum Gasteiger partial charge on any atom is -0.475 e. The highest BCUT2D eigenvalue weighted by Gasteiger charge is 2.38. The molecule has 0 unspecified atom stereocenters. The Bertz CT molecular complexity index is 1180. The second kappa shape index (κ2) is 15.5.